The van der Waals surface area contributed by atoms with Gasteiger partial charge in [-0.3, -0.25) is 4.79 Å². The minimum atomic E-state index is -0.560. The van der Waals surface area contributed by atoms with Crippen molar-refractivity contribution in [2.45, 2.75) is 25.9 Å². The van der Waals surface area contributed by atoms with Gasteiger partial charge in [-0.1, -0.05) is 17.7 Å². The summed E-state index contributed by atoms with van der Waals surface area (Å²) in [6, 6.07) is 5.74. The van der Waals surface area contributed by atoms with Gasteiger partial charge in [0.05, 0.1) is 6.10 Å². The third-order valence-electron chi connectivity index (χ3n) is 3.91. The average Bonchev–Trinajstić information content (AvgIpc) is 2.46. The monoisotopic (exact) mass is 296 g/mol. The Bertz CT molecular complexity index is 483. The standard InChI is InChI=1S/C15H21ClN2O2/c1-10(19)13-4-3-12(9-14(13)16)18-7-5-11(6-8-18)15(20)17-2/h3-4,9-11,19H,5-8H2,1-2H3,(H,17,20). The maximum absolute atomic E-state index is 11.6. The second-order valence-corrected chi connectivity index (χ2v) is 5.66. The van der Waals surface area contributed by atoms with E-state index in [0.29, 0.717) is 5.02 Å². The van der Waals surface area contributed by atoms with Gasteiger partial charge in [0.1, 0.15) is 0 Å². The van der Waals surface area contributed by atoms with Crippen molar-refractivity contribution in [3.05, 3.63) is 28.8 Å². The number of carbonyl (C=O) groups excluding carboxylic acids is 1. The molecular formula is C15H21ClN2O2. The molecular weight excluding hydrogens is 276 g/mol. The second kappa shape index (κ2) is 6.46. The molecule has 1 aromatic rings. The molecule has 1 aliphatic rings. The smallest absolute Gasteiger partial charge is 0.222 e. The molecule has 1 saturated heterocycles. The van der Waals surface area contributed by atoms with Crippen LogP contribution in [-0.4, -0.2) is 31.2 Å². The zero-order valence-corrected chi connectivity index (χ0v) is 12.7. The number of aliphatic hydroxyl groups is 1. The van der Waals surface area contributed by atoms with Crippen molar-refractivity contribution in [3.8, 4) is 0 Å². The molecule has 0 aliphatic carbocycles. The highest BCUT2D eigenvalue weighted by Crippen LogP contribution is 2.30. The van der Waals surface area contributed by atoms with E-state index >= 15 is 0 Å². The fourth-order valence-corrected chi connectivity index (χ4v) is 2.99. The molecule has 0 radical (unpaired) electrons. The van der Waals surface area contributed by atoms with Crippen molar-refractivity contribution < 1.29 is 9.90 Å². The summed E-state index contributed by atoms with van der Waals surface area (Å²) < 4.78 is 0. The highest BCUT2D eigenvalue weighted by atomic mass is 35.5. The van der Waals surface area contributed by atoms with Crippen LogP contribution in [0.15, 0.2) is 18.2 Å². The number of rotatable bonds is 3. The van der Waals surface area contributed by atoms with Crippen LogP contribution < -0.4 is 10.2 Å². The third kappa shape index (κ3) is 3.25. The number of carbonyl (C=O) groups is 1. The number of benzene rings is 1. The Morgan fingerprint density at radius 1 is 1.45 bits per heavy atom. The number of halogens is 1. The van der Waals surface area contributed by atoms with Gasteiger partial charge in [-0.05, 0) is 37.5 Å². The predicted octanol–water partition coefficient (Wildman–Crippen LogP) is 2.36. The van der Waals surface area contributed by atoms with Gasteiger partial charge in [0, 0.05) is 36.8 Å². The molecule has 1 aromatic carbocycles. The summed E-state index contributed by atoms with van der Waals surface area (Å²) in [4.78, 5) is 13.8. The number of hydrogen-bond donors (Lipinski definition) is 2. The Balaban J connectivity index is 2.04. The van der Waals surface area contributed by atoms with Crippen molar-refractivity contribution in [3.63, 3.8) is 0 Å². The van der Waals surface area contributed by atoms with E-state index in [0.717, 1.165) is 37.2 Å². The van der Waals surface area contributed by atoms with Gasteiger partial charge in [-0.25, -0.2) is 0 Å². The van der Waals surface area contributed by atoms with E-state index in [9.17, 15) is 9.90 Å². The third-order valence-corrected chi connectivity index (χ3v) is 4.24. The Morgan fingerprint density at radius 2 is 2.10 bits per heavy atom. The number of anilines is 1. The fraction of sp³-hybridized carbons (Fsp3) is 0.533. The van der Waals surface area contributed by atoms with E-state index in [1.807, 2.05) is 18.2 Å². The molecule has 110 valence electrons. The molecule has 20 heavy (non-hydrogen) atoms. The lowest BCUT2D eigenvalue weighted by Gasteiger charge is -2.33. The quantitative estimate of drug-likeness (QED) is 0.900. The van der Waals surface area contributed by atoms with Gasteiger partial charge in [0.15, 0.2) is 0 Å². The number of nitrogens with one attached hydrogen (secondary N) is 1. The first-order valence-corrected chi connectivity index (χ1v) is 7.34. The van der Waals surface area contributed by atoms with E-state index in [1.54, 1.807) is 14.0 Å². The molecule has 1 heterocycles. The van der Waals surface area contributed by atoms with Crippen LogP contribution in [0.3, 0.4) is 0 Å². The first-order valence-electron chi connectivity index (χ1n) is 6.97. The van der Waals surface area contributed by atoms with E-state index in [4.69, 9.17) is 11.6 Å². The highest BCUT2D eigenvalue weighted by molar-refractivity contribution is 6.31. The van der Waals surface area contributed by atoms with Gasteiger partial charge < -0.3 is 15.3 Å². The maximum atomic E-state index is 11.6. The van der Waals surface area contributed by atoms with Crippen LogP contribution >= 0.6 is 11.6 Å². The van der Waals surface area contributed by atoms with Crippen LogP contribution in [0.25, 0.3) is 0 Å². The van der Waals surface area contributed by atoms with Crippen LogP contribution in [-0.2, 0) is 4.79 Å². The summed E-state index contributed by atoms with van der Waals surface area (Å²) in [5.74, 6) is 0.246. The van der Waals surface area contributed by atoms with Gasteiger partial charge in [0.25, 0.3) is 0 Å². The van der Waals surface area contributed by atoms with Crippen molar-refractivity contribution >= 4 is 23.2 Å². The van der Waals surface area contributed by atoms with Crippen LogP contribution in [0, 0.1) is 5.92 Å². The molecule has 1 aliphatic heterocycles. The molecule has 1 atom stereocenters. The largest absolute Gasteiger partial charge is 0.389 e. The molecule has 0 bridgehead atoms. The minimum Gasteiger partial charge on any atom is -0.389 e. The first-order chi connectivity index (χ1) is 9.52. The molecule has 5 heteroatoms. The summed E-state index contributed by atoms with van der Waals surface area (Å²) in [5.41, 5.74) is 1.80. The molecule has 2 N–H and O–H groups in total. The lowest BCUT2D eigenvalue weighted by Crippen LogP contribution is -2.39. The Hall–Kier alpha value is -1.26. The molecule has 4 nitrogen and oxygen atoms in total. The van der Waals surface area contributed by atoms with Gasteiger partial charge in [0.2, 0.25) is 5.91 Å². The minimum absolute atomic E-state index is 0.114. The Kier molecular flexibility index (Phi) is 4.89. The van der Waals surface area contributed by atoms with Crippen molar-refractivity contribution in [2.75, 3.05) is 25.0 Å². The Labute approximate surface area is 124 Å². The summed E-state index contributed by atoms with van der Waals surface area (Å²) in [7, 11) is 1.68. The van der Waals surface area contributed by atoms with Crippen LogP contribution in [0.4, 0.5) is 5.69 Å². The SMILES string of the molecule is CNC(=O)C1CCN(c2ccc(C(C)O)c(Cl)c2)CC1. The van der Waals surface area contributed by atoms with Gasteiger partial charge >= 0.3 is 0 Å². The van der Waals surface area contributed by atoms with Crippen molar-refractivity contribution in [1.29, 1.82) is 0 Å². The molecule has 1 unspecified atom stereocenters. The van der Waals surface area contributed by atoms with Crippen LogP contribution in [0.5, 0.6) is 0 Å². The predicted molar refractivity (Wildman–Crippen MR) is 81.1 cm³/mol. The van der Waals surface area contributed by atoms with Crippen molar-refractivity contribution in [2.24, 2.45) is 5.92 Å². The van der Waals surface area contributed by atoms with Crippen LogP contribution in [0.1, 0.15) is 31.4 Å². The number of aliphatic hydroxyl groups excluding tert-OH is 1. The number of nitrogens with zero attached hydrogens (tertiary/aromatic N) is 1. The lowest BCUT2D eigenvalue weighted by atomic mass is 9.95. The zero-order chi connectivity index (χ0) is 14.7. The molecule has 1 amide bonds. The topological polar surface area (TPSA) is 52.6 Å². The zero-order valence-electron chi connectivity index (χ0n) is 11.9. The lowest BCUT2D eigenvalue weighted by molar-refractivity contribution is -0.125. The van der Waals surface area contributed by atoms with E-state index < -0.39 is 6.10 Å². The van der Waals surface area contributed by atoms with Gasteiger partial charge in [-0.2, -0.15) is 0 Å². The Morgan fingerprint density at radius 3 is 2.60 bits per heavy atom. The van der Waals surface area contributed by atoms with Crippen LogP contribution in [0.2, 0.25) is 5.02 Å². The van der Waals surface area contributed by atoms with E-state index in [2.05, 4.69) is 10.2 Å². The maximum Gasteiger partial charge on any atom is 0.222 e. The van der Waals surface area contributed by atoms with E-state index in [-0.39, 0.29) is 11.8 Å². The number of piperidine rings is 1. The van der Waals surface area contributed by atoms with Crippen molar-refractivity contribution in [1.82, 2.24) is 5.32 Å². The summed E-state index contributed by atoms with van der Waals surface area (Å²) in [5, 5.41) is 12.9. The summed E-state index contributed by atoms with van der Waals surface area (Å²) in [6.45, 7) is 3.40. The normalized spacial score (nSPS) is 17.9. The number of hydrogen-bond acceptors (Lipinski definition) is 3. The first kappa shape index (κ1) is 15.1. The van der Waals surface area contributed by atoms with E-state index in [1.165, 1.54) is 0 Å². The molecule has 0 spiro atoms. The molecule has 0 saturated carbocycles. The average molecular weight is 297 g/mol. The van der Waals surface area contributed by atoms with Gasteiger partial charge in [-0.15, -0.1) is 0 Å². The fourth-order valence-electron chi connectivity index (χ4n) is 2.66. The second-order valence-electron chi connectivity index (χ2n) is 5.26. The summed E-state index contributed by atoms with van der Waals surface area (Å²) >= 11 is 6.19. The number of amides is 1. The summed E-state index contributed by atoms with van der Waals surface area (Å²) in [6.07, 6.45) is 1.15. The highest BCUT2D eigenvalue weighted by Gasteiger charge is 2.24. The molecule has 1 fully saturated rings. The molecule has 2 rings (SSSR count). The molecule has 0 aromatic heterocycles.